The van der Waals surface area contributed by atoms with Crippen molar-refractivity contribution in [2.24, 2.45) is 7.05 Å². The van der Waals surface area contributed by atoms with Crippen molar-refractivity contribution < 1.29 is 0 Å². The molecule has 0 atom stereocenters. The fraction of sp³-hybridized carbons (Fsp3) is 0.200. The van der Waals surface area contributed by atoms with Crippen molar-refractivity contribution in [3.63, 3.8) is 0 Å². The zero-order chi connectivity index (χ0) is 14.7. The molecule has 0 aliphatic carbocycles. The molecule has 0 aliphatic rings. The van der Waals surface area contributed by atoms with Crippen molar-refractivity contribution in [2.45, 2.75) is 13.8 Å². The highest BCUT2D eigenvalue weighted by molar-refractivity contribution is 5.53. The molecular weight excluding hydrogens is 252 g/mol. The van der Waals surface area contributed by atoms with E-state index in [1.165, 1.54) is 6.08 Å². The highest BCUT2D eigenvalue weighted by atomic mass is 16.1. The first-order chi connectivity index (χ1) is 9.56. The quantitative estimate of drug-likeness (QED) is 0.869. The molecule has 0 fully saturated rings. The molecule has 0 unspecified atom stereocenters. The molecule has 0 saturated carbocycles. The fourth-order valence-corrected chi connectivity index (χ4v) is 2.04. The second kappa shape index (κ2) is 5.49. The van der Waals surface area contributed by atoms with Gasteiger partial charge < -0.3 is 5.32 Å². The summed E-state index contributed by atoms with van der Waals surface area (Å²) in [5.41, 5.74) is 2.60. The van der Waals surface area contributed by atoms with Gasteiger partial charge in [-0.3, -0.25) is 9.48 Å². The molecule has 102 valence electrons. The molecule has 0 radical (unpaired) electrons. The monoisotopic (exact) mass is 268 g/mol. The third-order valence-electron chi connectivity index (χ3n) is 3.16. The number of rotatable bonds is 3. The lowest BCUT2D eigenvalue weighted by molar-refractivity contribution is 0.630. The lowest BCUT2D eigenvalue weighted by Crippen LogP contribution is -2.20. The van der Waals surface area contributed by atoms with Crippen molar-refractivity contribution in [1.29, 1.82) is 5.26 Å². The summed E-state index contributed by atoms with van der Waals surface area (Å²) in [6.07, 6.45) is 1.37. The van der Waals surface area contributed by atoms with Gasteiger partial charge in [0, 0.05) is 18.8 Å². The Bertz CT molecular complexity index is 745. The van der Waals surface area contributed by atoms with Crippen LogP contribution in [0.1, 0.15) is 12.6 Å². The molecular formula is C15H16N4O. The average Bonchev–Trinajstić information content (AvgIpc) is 2.64. The van der Waals surface area contributed by atoms with Gasteiger partial charge in [-0.15, -0.1) is 0 Å². The summed E-state index contributed by atoms with van der Waals surface area (Å²) in [6.45, 7) is 3.62. The van der Waals surface area contributed by atoms with E-state index >= 15 is 0 Å². The highest BCUT2D eigenvalue weighted by Crippen LogP contribution is 2.15. The van der Waals surface area contributed by atoms with Gasteiger partial charge >= 0.3 is 0 Å². The molecule has 2 rings (SSSR count). The first-order valence-electron chi connectivity index (χ1n) is 6.23. The van der Waals surface area contributed by atoms with Crippen LogP contribution in [0.4, 0.5) is 5.69 Å². The Labute approximate surface area is 117 Å². The van der Waals surface area contributed by atoms with Gasteiger partial charge in [-0.2, -0.15) is 5.26 Å². The van der Waals surface area contributed by atoms with Crippen LogP contribution in [0.15, 0.2) is 46.9 Å². The Kier molecular flexibility index (Phi) is 3.76. The van der Waals surface area contributed by atoms with E-state index in [1.54, 1.807) is 16.3 Å². The van der Waals surface area contributed by atoms with E-state index < -0.39 is 0 Å². The summed E-state index contributed by atoms with van der Waals surface area (Å²) in [4.78, 5) is 12.5. The van der Waals surface area contributed by atoms with Crippen LogP contribution < -0.4 is 10.9 Å². The first kappa shape index (κ1) is 13.7. The van der Waals surface area contributed by atoms with Gasteiger partial charge in [0.25, 0.3) is 5.56 Å². The maximum atomic E-state index is 12.5. The topological polar surface area (TPSA) is 62.8 Å². The van der Waals surface area contributed by atoms with Crippen LogP contribution in [0, 0.1) is 18.3 Å². The van der Waals surface area contributed by atoms with Gasteiger partial charge in [0.2, 0.25) is 0 Å². The molecule has 0 saturated heterocycles. The van der Waals surface area contributed by atoms with E-state index in [9.17, 15) is 4.79 Å². The number of nitriles is 1. The van der Waals surface area contributed by atoms with E-state index in [1.807, 2.05) is 50.4 Å². The van der Waals surface area contributed by atoms with Gasteiger partial charge in [0.05, 0.1) is 17.5 Å². The van der Waals surface area contributed by atoms with Gasteiger partial charge in [-0.25, -0.2) is 4.68 Å². The Morgan fingerprint density at radius 2 is 2.00 bits per heavy atom. The fourth-order valence-electron chi connectivity index (χ4n) is 2.04. The minimum absolute atomic E-state index is 0.137. The molecule has 0 spiro atoms. The smallest absolute Gasteiger partial charge is 0.295 e. The number of allylic oxidation sites excluding steroid dienone is 2. The van der Waals surface area contributed by atoms with E-state index in [0.29, 0.717) is 11.4 Å². The standard InChI is InChI=1S/C15H16N4O/c1-11(9-10-16)17-14-12(2)18(3)19(15(14)20)13-7-5-4-6-8-13/h4-9,17H,1-3H3/b11-9+. The molecule has 2 aromatic rings. The minimum Gasteiger partial charge on any atom is -0.353 e. The normalized spacial score (nSPS) is 11.2. The molecule has 0 amide bonds. The van der Waals surface area contributed by atoms with Crippen molar-refractivity contribution in [2.75, 3.05) is 5.32 Å². The molecule has 0 bridgehead atoms. The minimum atomic E-state index is -0.137. The zero-order valence-corrected chi connectivity index (χ0v) is 11.7. The maximum Gasteiger partial charge on any atom is 0.295 e. The number of benzene rings is 1. The van der Waals surface area contributed by atoms with Gasteiger partial charge in [0.1, 0.15) is 5.69 Å². The zero-order valence-electron chi connectivity index (χ0n) is 11.7. The van der Waals surface area contributed by atoms with Gasteiger partial charge in [0.15, 0.2) is 0 Å². The van der Waals surface area contributed by atoms with Crippen molar-refractivity contribution >= 4 is 5.69 Å². The molecule has 1 aromatic heterocycles. The molecule has 1 aromatic carbocycles. The highest BCUT2D eigenvalue weighted by Gasteiger charge is 2.15. The summed E-state index contributed by atoms with van der Waals surface area (Å²) < 4.78 is 3.39. The Morgan fingerprint density at radius 1 is 1.35 bits per heavy atom. The van der Waals surface area contributed by atoms with Crippen LogP contribution in [0.3, 0.4) is 0 Å². The second-order valence-electron chi connectivity index (χ2n) is 4.52. The Balaban J connectivity index is 2.56. The number of anilines is 1. The number of hydrogen-bond donors (Lipinski definition) is 1. The van der Waals surface area contributed by atoms with E-state index in [4.69, 9.17) is 5.26 Å². The van der Waals surface area contributed by atoms with E-state index in [0.717, 1.165) is 11.4 Å². The van der Waals surface area contributed by atoms with Gasteiger partial charge in [-0.1, -0.05) is 18.2 Å². The van der Waals surface area contributed by atoms with Gasteiger partial charge in [-0.05, 0) is 26.0 Å². The number of nitrogens with one attached hydrogen (secondary N) is 1. The van der Waals surface area contributed by atoms with E-state index in [2.05, 4.69) is 5.32 Å². The predicted molar refractivity (Wildman–Crippen MR) is 78.7 cm³/mol. The summed E-state index contributed by atoms with van der Waals surface area (Å²) in [5.74, 6) is 0. The Morgan fingerprint density at radius 3 is 2.60 bits per heavy atom. The number of para-hydroxylation sites is 1. The number of hydrogen-bond acceptors (Lipinski definition) is 3. The van der Waals surface area contributed by atoms with Crippen molar-refractivity contribution in [3.8, 4) is 11.8 Å². The number of nitrogens with zero attached hydrogens (tertiary/aromatic N) is 3. The molecule has 0 aliphatic heterocycles. The summed E-state index contributed by atoms with van der Waals surface area (Å²) in [7, 11) is 1.83. The van der Waals surface area contributed by atoms with Crippen molar-refractivity contribution in [1.82, 2.24) is 9.36 Å². The number of aromatic nitrogens is 2. The largest absolute Gasteiger partial charge is 0.353 e. The van der Waals surface area contributed by atoms with Crippen LogP contribution in [0.5, 0.6) is 0 Å². The molecule has 5 heteroatoms. The summed E-state index contributed by atoms with van der Waals surface area (Å²) in [5, 5.41) is 11.6. The summed E-state index contributed by atoms with van der Waals surface area (Å²) >= 11 is 0. The average molecular weight is 268 g/mol. The third-order valence-corrected chi connectivity index (χ3v) is 3.16. The lowest BCUT2D eigenvalue weighted by Gasteiger charge is -2.07. The molecule has 20 heavy (non-hydrogen) atoms. The predicted octanol–water partition coefficient (Wildman–Crippen LogP) is 2.32. The molecule has 1 N–H and O–H groups in total. The summed E-state index contributed by atoms with van der Waals surface area (Å²) in [6, 6.07) is 11.4. The van der Waals surface area contributed by atoms with Crippen LogP contribution in [0.25, 0.3) is 5.69 Å². The second-order valence-corrected chi connectivity index (χ2v) is 4.52. The first-order valence-corrected chi connectivity index (χ1v) is 6.23. The maximum absolute atomic E-state index is 12.5. The molecule has 5 nitrogen and oxygen atoms in total. The Hall–Kier alpha value is -2.74. The van der Waals surface area contributed by atoms with E-state index in [-0.39, 0.29) is 5.56 Å². The van der Waals surface area contributed by atoms with Crippen molar-refractivity contribution in [3.05, 3.63) is 58.2 Å². The van der Waals surface area contributed by atoms with Crippen LogP contribution >= 0.6 is 0 Å². The SMILES string of the molecule is C/C(=C\C#N)Nc1c(C)n(C)n(-c2ccccc2)c1=O. The van der Waals surface area contributed by atoms with Crippen LogP contribution in [-0.2, 0) is 7.05 Å². The lowest BCUT2D eigenvalue weighted by atomic mass is 10.3. The van der Waals surface area contributed by atoms with Crippen LogP contribution in [0.2, 0.25) is 0 Å². The molecule has 1 heterocycles. The third kappa shape index (κ3) is 2.36. The van der Waals surface area contributed by atoms with Crippen LogP contribution in [-0.4, -0.2) is 9.36 Å².